The van der Waals surface area contributed by atoms with Crippen LogP contribution in [0.5, 0.6) is 5.75 Å². The molecule has 0 aliphatic heterocycles. The van der Waals surface area contributed by atoms with Crippen LogP contribution in [-0.2, 0) is 11.2 Å². The van der Waals surface area contributed by atoms with Crippen molar-refractivity contribution in [1.29, 1.82) is 0 Å². The summed E-state index contributed by atoms with van der Waals surface area (Å²) in [6.45, 7) is 10.2. The lowest BCUT2D eigenvalue weighted by molar-refractivity contribution is 0.0988. The number of halogens is 1. The van der Waals surface area contributed by atoms with Crippen LogP contribution < -0.4 is 4.18 Å². The fraction of sp³-hybridized carbons (Fsp3) is 0.533. The highest BCUT2D eigenvalue weighted by Crippen LogP contribution is 2.33. The van der Waals surface area contributed by atoms with Crippen molar-refractivity contribution >= 4 is 28.6 Å². The third-order valence-electron chi connectivity index (χ3n) is 2.94. The van der Waals surface area contributed by atoms with E-state index in [0.29, 0.717) is 22.8 Å². The Morgan fingerprint density at radius 1 is 1.37 bits per heavy atom. The molecule has 1 aromatic carbocycles. The van der Waals surface area contributed by atoms with E-state index >= 15 is 0 Å². The lowest BCUT2D eigenvalue weighted by Crippen LogP contribution is -2.31. The molecule has 2 nitrogen and oxygen atoms in total. The number of hydrogen-bond donors (Lipinski definition) is 0. The highest BCUT2D eigenvalue weighted by molar-refractivity contribution is 7.93. The van der Waals surface area contributed by atoms with E-state index < -0.39 is 0 Å². The molecular weight excluding hydrogens is 280 g/mol. The van der Waals surface area contributed by atoms with Gasteiger partial charge in [0.15, 0.2) is 21.7 Å². The molecule has 0 N–H and O–H groups in total. The Kier molecular flexibility index (Phi) is 5.34. The molecule has 0 fully saturated rings. The van der Waals surface area contributed by atoms with E-state index in [2.05, 4.69) is 27.0 Å². The molecule has 106 valence electrons. The van der Waals surface area contributed by atoms with Gasteiger partial charge in [-0.3, -0.25) is 8.98 Å². The second kappa shape index (κ2) is 6.19. The summed E-state index contributed by atoms with van der Waals surface area (Å²) in [4.78, 5) is 11.7. The zero-order chi connectivity index (χ0) is 14.8. The van der Waals surface area contributed by atoms with Gasteiger partial charge in [0, 0.05) is 12.0 Å². The predicted octanol–water partition coefficient (Wildman–Crippen LogP) is 4.58. The summed E-state index contributed by atoms with van der Waals surface area (Å²) in [7, 11) is 0. The van der Waals surface area contributed by atoms with Crippen LogP contribution in [0.1, 0.15) is 50.0 Å². The Balaban J connectivity index is 3.08. The van der Waals surface area contributed by atoms with Crippen LogP contribution in [-0.4, -0.2) is 16.8 Å². The molecule has 19 heavy (non-hydrogen) atoms. The minimum absolute atomic E-state index is 0.0632. The van der Waals surface area contributed by atoms with Crippen molar-refractivity contribution in [1.82, 2.24) is 0 Å². The van der Waals surface area contributed by atoms with E-state index in [1.807, 2.05) is 19.9 Å². The van der Waals surface area contributed by atoms with E-state index in [4.69, 9.17) is 15.8 Å². The van der Waals surface area contributed by atoms with Gasteiger partial charge < -0.3 is 0 Å². The van der Waals surface area contributed by atoms with Crippen LogP contribution in [0.15, 0.2) is 12.1 Å². The molecule has 1 rings (SSSR count). The molecule has 0 bridgehead atoms. The fourth-order valence-corrected chi connectivity index (χ4v) is 2.52. The molecule has 0 radical (unpaired) electrons. The maximum absolute atomic E-state index is 11.7. The molecule has 0 heterocycles. The average Bonchev–Trinajstić information content (AvgIpc) is 2.30. The Labute approximate surface area is 124 Å². The van der Waals surface area contributed by atoms with Crippen LogP contribution in [0.4, 0.5) is 0 Å². The number of rotatable bonds is 4. The second-order valence-corrected chi connectivity index (χ2v) is 8.24. The summed E-state index contributed by atoms with van der Waals surface area (Å²) in [6.07, 6.45) is 2.54. The third kappa shape index (κ3) is 4.15. The standard InChI is InChI=1S/C15H22ClO2S/c1-7-13(17)11-8-10(2)14(12(16)9-11)18-19(6)15(3,4)5/h8-9H,7H2,1-6H3/q+1. The molecule has 0 aromatic heterocycles. The van der Waals surface area contributed by atoms with Crippen molar-refractivity contribution in [3.8, 4) is 5.75 Å². The highest BCUT2D eigenvalue weighted by atomic mass is 35.5. The van der Waals surface area contributed by atoms with E-state index in [1.165, 1.54) is 0 Å². The van der Waals surface area contributed by atoms with Gasteiger partial charge in [0.2, 0.25) is 5.75 Å². The highest BCUT2D eigenvalue weighted by Gasteiger charge is 2.34. The molecule has 1 aromatic rings. The van der Waals surface area contributed by atoms with Gasteiger partial charge in [0.1, 0.15) is 6.26 Å². The van der Waals surface area contributed by atoms with E-state index in [-0.39, 0.29) is 21.7 Å². The first-order valence-corrected chi connectivity index (χ1v) is 8.28. The Morgan fingerprint density at radius 2 is 1.95 bits per heavy atom. The van der Waals surface area contributed by atoms with Gasteiger partial charge in [-0.25, -0.2) is 0 Å². The largest absolute Gasteiger partial charge is 0.294 e. The van der Waals surface area contributed by atoms with Crippen molar-refractivity contribution in [2.75, 3.05) is 6.26 Å². The number of aryl methyl sites for hydroxylation is 1. The van der Waals surface area contributed by atoms with Crippen molar-refractivity contribution in [3.05, 3.63) is 28.3 Å². The summed E-state index contributed by atoms with van der Waals surface area (Å²) >= 11 is 6.01. The van der Waals surface area contributed by atoms with Gasteiger partial charge in [-0.05, 0) is 45.4 Å². The molecule has 0 saturated carbocycles. The molecule has 4 heteroatoms. The van der Waals surface area contributed by atoms with Gasteiger partial charge in [0.05, 0.1) is 5.02 Å². The minimum atomic E-state index is -0.247. The Hall–Kier alpha value is -0.670. The van der Waals surface area contributed by atoms with Gasteiger partial charge in [-0.15, -0.1) is 0 Å². The topological polar surface area (TPSA) is 26.3 Å². The van der Waals surface area contributed by atoms with Crippen LogP contribution >= 0.6 is 11.6 Å². The van der Waals surface area contributed by atoms with E-state index in [0.717, 1.165) is 5.56 Å². The molecule has 0 spiro atoms. The number of Topliss-reactive ketones (excluding diaryl/α,β-unsaturated/α-hetero) is 1. The molecule has 0 saturated heterocycles. The van der Waals surface area contributed by atoms with E-state index in [9.17, 15) is 4.79 Å². The lowest BCUT2D eigenvalue weighted by Gasteiger charge is -2.17. The molecular formula is C15H22ClO2S+. The number of carbonyl (C=O) groups is 1. The number of ketones is 1. The molecule has 0 aliphatic carbocycles. The zero-order valence-electron chi connectivity index (χ0n) is 12.5. The molecule has 1 atom stereocenters. The Bertz CT molecular complexity index is 455. The summed E-state index contributed by atoms with van der Waals surface area (Å²) in [6, 6.07) is 3.56. The number of benzene rings is 1. The molecule has 0 amide bonds. The maximum atomic E-state index is 11.7. The van der Waals surface area contributed by atoms with E-state index in [1.54, 1.807) is 6.07 Å². The lowest BCUT2D eigenvalue weighted by atomic mass is 10.1. The monoisotopic (exact) mass is 301 g/mol. The summed E-state index contributed by atoms with van der Waals surface area (Å²) in [5, 5.41) is 0.514. The van der Waals surface area contributed by atoms with Crippen molar-refractivity contribution in [2.45, 2.75) is 45.8 Å². The number of hydrogen-bond acceptors (Lipinski definition) is 2. The summed E-state index contributed by atoms with van der Waals surface area (Å²) < 4.78 is 6.06. The second-order valence-electron chi connectivity index (χ2n) is 5.53. The Morgan fingerprint density at radius 3 is 2.37 bits per heavy atom. The normalized spacial score (nSPS) is 13.2. The van der Waals surface area contributed by atoms with Crippen molar-refractivity contribution in [3.63, 3.8) is 0 Å². The van der Waals surface area contributed by atoms with Crippen molar-refractivity contribution < 1.29 is 8.98 Å². The van der Waals surface area contributed by atoms with Crippen LogP contribution in [0.25, 0.3) is 0 Å². The van der Waals surface area contributed by atoms with Gasteiger partial charge in [0.25, 0.3) is 0 Å². The number of carbonyl (C=O) groups excluding carboxylic acids is 1. The molecule has 1 unspecified atom stereocenters. The average molecular weight is 302 g/mol. The summed E-state index contributed by atoms with van der Waals surface area (Å²) in [5.74, 6) is 0.790. The van der Waals surface area contributed by atoms with Gasteiger partial charge in [-0.1, -0.05) is 18.5 Å². The van der Waals surface area contributed by atoms with Gasteiger partial charge >= 0.3 is 0 Å². The van der Waals surface area contributed by atoms with Gasteiger partial charge in [-0.2, -0.15) is 0 Å². The SMILES string of the molecule is CCC(=O)c1cc(C)c(O[S+](C)C(C)(C)C)c(Cl)c1. The first kappa shape index (κ1) is 16.4. The fourth-order valence-electron chi connectivity index (χ4n) is 1.45. The minimum Gasteiger partial charge on any atom is -0.294 e. The third-order valence-corrected chi connectivity index (χ3v) is 5.37. The maximum Gasteiger partial charge on any atom is 0.208 e. The quantitative estimate of drug-likeness (QED) is 0.601. The summed E-state index contributed by atoms with van der Waals surface area (Å²) in [5.41, 5.74) is 1.57. The first-order chi connectivity index (χ1) is 8.66. The van der Waals surface area contributed by atoms with Crippen LogP contribution in [0.3, 0.4) is 0 Å². The van der Waals surface area contributed by atoms with Crippen molar-refractivity contribution in [2.24, 2.45) is 0 Å². The first-order valence-electron chi connectivity index (χ1n) is 6.34. The van der Waals surface area contributed by atoms with Crippen LogP contribution in [0, 0.1) is 6.92 Å². The smallest absolute Gasteiger partial charge is 0.208 e. The zero-order valence-corrected chi connectivity index (χ0v) is 14.0. The van der Waals surface area contributed by atoms with Crippen LogP contribution in [0.2, 0.25) is 5.02 Å². The predicted molar refractivity (Wildman–Crippen MR) is 84.5 cm³/mol. The molecule has 0 aliphatic rings.